The van der Waals surface area contributed by atoms with Crippen LogP contribution in [0.15, 0.2) is 52.0 Å². The number of aromatic hydroxyl groups is 1. The molecule has 2 amide bonds. The summed E-state index contributed by atoms with van der Waals surface area (Å²) < 4.78 is 5.69. The van der Waals surface area contributed by atoms with Crippen LogP contribution in [0.4, 0.5) is 5.69 Å². The van der Waals surface area contributed by atoms with E-state index in [4.69, 9.17) is 4.74 Å². The van der Waals surface area contributed by atoms with Crippen LogP contribution < -0.4 is 15.5 Å². The second kappa shape index (κ2) is 8.84. The molecular formula is C17H16BrN3O4. The number of benzene rings is 2. The van der Waals surface area contributed by atoms with Crippen LogP contribution in [0.25, 0.3) is 0 Å². The van der Waals surface area contributed by atoms with E-state index in [-0.39, 0.29) is 12.2 Å². The average molecular weight is 406 g/mol. The lowest BCUT2D eigenvalue weighted by molar-refractivity contribution is -0.126. The van der Waals surface area contributed by atoms with Gasteiger partial charge in [0.1, 0.15) is 6.42 Å². The number of phenolic OH excluding ortho intramolecular Hbond substituents is 1. The summed E-state index contributed by atoms with van der Waals surface area (Å²) in [6, 6.07) is 11.9. The molecule has 2 aromatic carbocycles. The first kappa shape index (κ1) is 18.5. The molecule has 7 nitrogen and oxygen atoms in total. The Morgan fingerprint density at radius 2 is 1.96 bits per heavy atom. The van der Waals surface area contributed by atoms with Gasteiger partial charge in [0.2, 0.25) is 11.8 Å². The zero-order valence-corrected chi connectivity index (χ0v) is 14.9. The van der Waals surface area contributed by atoms with Crippen molar-refractivity contribution < 1.29 is 19.4 Å². The number of phenols is 1. The minimum Gasteiger partial charge on any atom is -0.504 e. The van der Waals surface area contributed by atoms with E-state index in [1.165, 1.54) is 13.3 Å². The topological polar surface area (TPSA) is 100 Å². The van der Waals surface area contributed by atoms with Gasteiger partial charge in [0.15, 0.2) is 11.5 Å². The number of nitrogens with zero attached hydrogens (tertiary/aromatic N) is 1. The van der Waals surface area contributed by atoms with Gasteiger partial charge >= 0.3 is 0 Å². The number of hydrogen-bond acceptors (Lipinski definition) is 5. The monoisotopic (exact) mass is 405 g/mol. The standard InChI is InChI=1S/C17H16BrN3O4/c1-25-14-8-4-5-11(17(14)24)10-19-21-16(23)9-15(22)20-13-7-3-2-6-12(13)18/h2-8,10,24H,9H2,1H3,(H,20,22)(H,21,23)/b19-10+. The zero-order chi connectivity index (χ0) is 18.2. The van der Waals surface area contributed by atoms with Gasteiger partial charge in [-0.25, -0.2) is 5.43 Å². The van der Waals surface area contributed by atoms with E-state index in [1.807, 2.05) is 6.07 Å². The minimum absolute atomic E-state index is 0.0883. The fraction of sp³-hybridized carbons (Fsp3) is 0.118. The van der Waals surface area contributed by atoms with E-state index in [9.17, 15) is 14.7 Å². The number of nitrogens with one attached hydrogen (secondary N) is 2. The largest absolute Gasteiger partial charge is 0.504 e. The van der Waals surface area contributed by atoms with Crippen molar-refractivity contribution in [2.75, 3.05) is 12.4 Å². The van der Waals surface area contributed by atoms with Crippen molar-refractivity contribution in [1.29, 1.82) is 0 Å². The number of rotatable bonds is 6. The maximum absolute atomic E-state index is 11.8. The molecule has 0 radical (unpaired) electrons. The Hall–Kier alpha value is -2.87. The number of carbonyl (C=O) groups excluding carboxylic acids is 2. The first-order valence-corrected chi connectivity index (χ1v) is 8.03. The van der Waals surface area contributed by atoms with Crippen LogP contribution in [0.1, 0.15) is 12.0 Å². The van der Waals surface area contributed by atoms with Gasteiger partial charge in [0.05, 0.1) is 19.0 Å². The van der Waals surface area contributed by atoms with Gasteiger partial charge in [-0.15, -0.1) is 0 Å². The summed E-state index contributed by atoms with van der Waals surface area (Å²) in [7, 11) is 1.43. The Labute approximate surface area is 152 Å². The van der Waals surface area contributed by atoms with Crippen molar-refractivity contribution in [2.24, 2.45) is 5.10 Å². The molecular weight excluding hydrogens is 390 g/mol. The van der Waals surface area contributed by atoms with Gasteiger partial charge in [-0.05, 0) is 40.2 Å². The lowest BCUT2D eigenvalue weighted by Gasteiger charge is -2.06. The van der Waals surface area contributed by atoms with Crippen LogP contribution in [0, 0.1) is 0 Å². The molecule has 0 aliphatic carbocycles. The van der Waals surface area contributed by atoms with E-state index in [0.29, 0.717) is 17.0 Å². The van der Waals surface area contributed by atoms with Crippen molar-refractivity contribution in [3.05, 3.63) is 52.5 Å². The van der Waals surface area contributed by atoms with Crippen LogP contribution in [-0.4, -0.2) is 30.2 Å². The smallest absolute Gasteiger partial charge is 0.249 e. The number of para-hydroxylation sites is 2. The Morgan fingerprint density at radius 1 is 1.20 bits per heavy atom. The summed E-state index contributed by atoms with van der Waals surface area (Å²) in [5, 5.41) is 16.2. The quantitative estimate of drug-likeness (QED) is 0.390. The third-order valence-electron chi connectivity index (χ3n) is 3.11. The van der Waals surface area contributed by atoms with E-state index in [1.54, 1.807) is 36.4 Å². The maximum Gasteiger partial charge on any atom is 0.249 e. The molecule has 0 spiro atoms. The van der Waals surface area contributed by atoms with Crippen molar-refractivity contribution in [3.63, 3.8) is 0 Å². The number of methoxy groups -OCH3 is 1. The Kier molecular flexibility index (Phi) is 6.53. The lowest BCUT2D eigenvalue weighted by atomic mass is 10.2. The third-order valence-corrected chi connectivity index (χ3v) is 3.80. The number of halogens is 1. The van der Waals surface area contributed by atoms with Crippen molar-refractivity contribution in [3.8, 4) is 11.5 Å². The van der Waals surface area contributed by atoms with E-state index in [0.717, 1.165) is 4.47 Å². The highest BCUT2D eigenvalue weighted by Crippen LogP contribution is 2.27. The molecule has 0 aliphatic heterocycles. The summed E-state index contributed by atoms with van der Waals surface area (Å²) >= 11 is 3.30. The fourth-order valence-corrected chi connectivity index (χ4v) is 2.31. The highest BCUT2D eigenvalue weighted by atomic mass is 79.9. The molecule has 2 aromatic rings. The maximum atomic E-state index is 11.8. The molecule has 0 saturated heterocycles. The van der Waals surface area contributed by atoms with E-state index >= 15 is 0 Å². The summed E-state index contributed by atoms with van der Waals surface area (Å²) in [5.41, 5.74) is 3.18. The molecule has 3 N–H and O–H groups in total. The number of hydrazone groups is 1. The van der Waals surface area contributed by atoms with Gasteiger partial charge in [-0.2, -0.15) is 5.10 Å². The molecule has 0 heterocycles. The summed E-state index contributed by atoms with van der Waals surface area (Å²) in [6.45, 7) is 0. The number of ether oxygens (including phenoxy) is 1. The van der Waals surface area contributed by atoms with Crippen LogP contribution in [0.2, 0.25) is 0 Å². The Balaban J connectivity index is 1.88. The van der Waals surface area contributed by atoms with Crippen LogP contribution in [-0.2, 0) is 9.59 Å². The van der Waals surface area contributed by atoms with Crippen molar-refractivity contribution >= 4 is 39.6 Å². The molecule has 0 fully saturated rings. The first-order valence-electron chi connectivity index (χ1n) is 7.23. The van der Waals surface area contributed by atoms with Gasteiger partial charge in [0, 0.05) is 10.0 Å². The third kappa shape index (κ3) is 5.32. The molecule has 25 heavy (non-hydrogen) atoms. The van der Waals surface area contributed by atoms with Crippen molar-refractivity contribution in [1.82, 2.24) is 5.43 Å². The van der Waals surface area contributed by atoms with E-state index < -0.39 is 11.8 Å². The molecule has 0 unspecified atom stereocenters. The van der Waals surface area contributed by atoms with Crippen LogP contribution >= 0.6 is 15.9 Å². The molecule has 8 heteroatoms. The number of amides is 2. The molecule has 0 saturated carbocycles. The zero-order valence-electron chi connectivity index (χ0n) is 13.3. The highest BCUT2D eigenvalue weighted by molar-refractivity contribution is 9.10. The predicted molar refractivity (Wildman–Crippen MR) is 97.8 cm³/mol. The molecule has 0 atom stereocenters. The Bertz CT molecular complexity index is 808. The second-order valence-corrected chi connectivity index (χ2v) is 5.75. The molecule has 0 bridgehead atoms. The van der Waals surface area contributed by atoms with Crippen LogP contribution in [0.5, 0.6) is 11.5 Å². The first-order chi connectivity index (χ1) is 12.0. The minimum atomic E-state index is -0.580. The summed E-state index contributed by atoms with van der Waals surface area (Å²) in [5.74, 6) is -0.843. The van der Waals surface area contributed by atoms with Gasteiger partial charge in [-0.1, -0.05) is 18.2 Å². The summed E-state index contributed by atoms with van der Waals surface area (Å²) in [4.78, 5) is 23.6. The fourth-order valence-electron chi connectivity index (χ4n) is 1.92. The molecule has 0 aliphatic rings. The average Bonchev–Trinajstić information content (AvgIpc) is 2.58. The highest BCUT2D eigenvalue weighted by Gasteiger charge is 2.10. The van der Waals surface area contributed by atoms with Crippen LogP contribution in [0.3, 0.4) is 0 Å². The second-order valence-electron chi connectivity index (χ2n) is 4.90. The Morgan fingerprint density at radius 3 is 2.68 bits per heavy atom. The van der Waals surface area contributed by atoms with Gasteiger partial charge < -0.3 is 15.2 Å². The molecule has 130 valence electrons. The van der Waals surface area contributed by atoms with Gasteiger partial charge in [-0.3, -0.25) is 9.59 Å². The van der Waals surface area contributed by atoms with E-state index in [2.05, 4.69) is 31.8 Å². The van der Waals surface area contributed by atoms with Crippen molar-refractivity contribution in [2.45, 2.75) is 6.42 Å². The lowest BCUT2D eigenvalue weighted by Crippen LogP contribution is -2.24. The van der Waals surface area contributed by atoms with Gasteiger partial charge in [0.25, 0.3) is 0 Å². The number of anilines is 1. The number of carbonyl (C=O) groups is 2. The predicted octanol–water partition coefficient (Wildman–Crippen LogP) is 2.64. The number of hydrogen-bond donors (Lipinski definition) is 3. The SMILES string of the molecule is COc1cccc(/C=N/NC(=O)CC(=O)Nc2ccccc2Br)c1O. The summed E-state index contributed by atoms with van der Waals surface area (Å²) in [6.07, 6.45) is 0.879. The normalized spacial score (nSPS) is 10.5. The molecule has 0 aromatic heterocycles. The molecule has 2 rings (SSSR count).